The summed E-state index contributed by atoms with van der Waals surface area (Å²) in [6.07, 6.45) is 0. The van der Waals surface area contributed by atoms with E-state index in [0.29, 0.717) is 43.2 Å². The fourth-order valence-electron chi connectivity index (χ4n) is 3.10. The van der Waals surface area contributed by atoms with E-state index in [1.165, 1.54) is 19.2 Å². The van der Waals surface area contributed by atoms with Crippen LogP contribution in [0.25, 0.3) is 0 Å². The molecule has 0 atom stereocenters. The minimum atomic E-state index is -0.413. The predicted octanol–water partition coefficient (Wildman–Crippen LogP) is 2.57. The highest BCUT2D eigenvalue weighted by Crippen LogP contribution is 2.28. The molecule has 2 aromatic rings. The molecule has 1 aliphatic heterocycles. The zero-order valence-corrected chi connectivity index (χ0v) is 15.3. The van der Waals surface area contributed by atoms with Crippen LogP contribution in [0.4, 0.5) is 11.4 Å². The highest BCUT2D eigenvalue weighted by atomic mass is 16.6. The predicted molar refractivity (Wildman–Crippen MR) is 101 cm³/mol. The largest absolute Gasteiger partial charge is 0.493 e. The van der Waals surface area contributed by atoms with Gasteiger partial charge in [0.15, 0.2) is 11.5 Å². The minimum Gasteiger partial charge on any atom is -0.493 e. The van der Waals surface area contributed by atoms with Crippen molar-refractivity contribution in [1.29, 1.82) is 0 Å². The first kappa shape index (κ1) is 18.5. The van der Waals surface area contributed by atoms with Gasteiger partial charge in [-0.25, -0.2) is 0 Å². The number of nitro groups is 1. The van der Waals surface area contributed by atoms with Gasteiger partial charge in [0.1, 0.15) is 0 Å². The summed E-state index contributed by atoms with van der Waals surface area (Å²) >= 11 is 0. The van der Waals surface area contributed by atoms with Crippen LogP contribution in [-0.2, 0) is 0 Å². The minimum absolute atomic E-state index is 0.0562. The number of nitro benzene ring substituents is 1. The second-order valence-corrected chi connectivity index (χ2v) is 6.12. The van der Waals surface area contributed by atoms with Crippen LogP contribution in [0.15, 0.2) is 42.5 Å². The number of carbonyl (C=O) groups excluding carboxylic acids is 1. The quantitative estimate of drug-likeness (QED) is 0.593. The normalized spacial score (nSPS) is 14.0. The molecule has 1 saturated heterocycles. The first-order valence-electron chi connectivity index (χ1n) is 8.54. The summed E-state index contributed by atoms with van der Waals surface area (Å²) in [5, 5.41) is 10.8. The van der Waals surface area contributed by atoms with Crippen LogP contribution in [0, 0.1) is 10.1 Å². The van der Waals surface area contributed by atoms with Gasteiger partial charge in [0, 0.05) is 49.6 Å². The molecule has 0 unspecified atom stereocenters. The van der Waals surface area contributed by atoms with E-state index in [2.05, 4.69) is 4.90 Å². The fourth-order valence-corrected chi connectivity index (χ4v) is 3.10. The molecule has 8 heteroatoms. The van der Waals surface area contributed by atoms with Gasteiger partial charge in [-0.3, -0.25) is 14.9 Å². The number of amides is 1. The third-order valence-corrected chi connectivity index (χ3v) is 4.62. The summed E-state index contributed by atoms with van der Waals surface area (Å²) in [5.74, 6) is 1.05. The third-order valence-electron chi connectivity index (χ3n) is 4.62. The van der Waals surface area contributed by atoms with Gasteiger partial charge >= 0.3 is 0 Å². The number of hydrogen-bond acceptors (Lipinski definition) is 6. The van der Waals surface area contributed by atoms with E-state index in [9.17, 15) is 14.9 Å². The van der Waals surface area contributed by atoms with Crippen molar-refractivity contribution in [2.45, 2.75) is 0 Å². The highest BCUT2D eigenvalue weighted by Gasteiger charge is 2.23. The Bertz CT molecular complexity index is 830. The molecule has 0 radical (unpaired) electrons. The van der Waals surface area contributed by atoms with Gasteiger partial charge in [-0.1, -0.05) is 0 Å². The van der Waals surface area contributed by atoms with E-state index in [0.717, 1.165) is 5.69 Å². The molecule has 3 rings (SSSR count). The lowest BCUT2D eigenvalue weighted by atomic mass is 10.1. The Labute approximate surface area is 157 Å². The Balaban J connectivity index is 1.64. The van der Waals surface area contributed by atoms with Gasteiger partial charge in [-0.2, -0.15) is 0 Å². The molecule has 2 aromatic carbocycles. The third kappa shape index (κ3) is 3.94. The van der Waals surface area contributed by atoms with Crippen LogP contribution in [0.1, 0.15) is 10.4 Å². The topological polar surface area (TPSA) is 85.2 Å². The Hall–Kier alpha value is -3.29. The van der Waals surface area contributed by atoms with Crippen molar-refractivity contribution in [1.82, 2.24) is 4.90 Å². The maximum Gasteiger partial charge on any atom is 0.269 e. The maximum atomic E-state index is 12.8. The number of benzene rings is 2. The van der Waals surface area contributed by atoms with E-state index in [1.54, 1.807) is 42.3 Å². The number of ether oxygens (including phenoxy) is 2. The second-order valence-electron chi connectivity index (χ2n) is 6.12. The number of piperazine rings is 1. The van der Waals surface area contributed by atoms with Crippen LogP contribution in [-0.4, -0.2) is 56.1 Å². The molecule has 8 nitrogen and oxygen atoms in total. The molecule has 1 heterocycles. The molecular weight excluding hydrogens is 350 g/mol. The molecule has 0 saturated carbocycles. The smallest absolute Gasteiger partial charge is 0.269 e. The molecule has 1 amide bonds. The first-order valence-corrected chi connectivity index (χ1v) is 8.54. The zero-order valence-electron chi connectivity index (χ0n) is 15.3. The molecule has 0 bridgehead atoms. The summed E-state index contributed by atoms with van der Waals surface area (Å²) in [5.41, 5.74) is 1.54. The van der Waals surface area contributed by atoms with Crippen molar-refractivity contribution < 1.29 is 19.2 Å². The molecule has 0 aliphatic carbocycles. The van der Waals surface area contributed by atoms with E-state index in [4.69, 9.17) is 9.47 Å². The van der Waals surface area contributed by atoms with Crippen LogP contribution >= 0.6 is 0 Å². The van der Waals surface area contributed by atoms with Gasteiger partial charge in [-0.15, -0.1) is 0 Å². The Morgan fingerprint density at radius 2 is 1.59 bits per heavy atom. The number of hydrogen-bond donors (Lipinski definition) is 0. The van der Waals surface area contributed by atoms with E-state index < -0.39 is 4.92 Å². The number of anilines is 1. The summed E-state index contributed by atoms with van der Waals surface area (Å²) < 4.78 is 10.5. The van der Waals surface area contributed by atoms with Crippen molar-refractivity contribution in [3.63, 3.8) is 0 Å². The summed E-state index contributed by atoms with van der Waals surface area (Å²) in [7, 11) is 3.09. The average molecular weight is 371 g/mol. The van der Waals surface area contributed by atoms with Crippen molar-refractivity contribution >= 4 is 17.3 Å². The van der Waals surface area contributed by atoms with E-state index in [-0.39, 0.29) is 11.6 Å². The summed E-state index contributed by atoms with van der Waals surface area (Å²) in [6, 6.07) is 11.6. The maximum absolute atomic E-state index is 12.8. The lowest BCUT2D eigenvalue weighted by molar-refractivity contribution is -0.384. The molecule has 0 spiro atoms. The van der Waals surface area contributed by atoms with Gasteiger partial charge < -0.3 is 19.3 Å². The number of methoxy groups -OCH3 is 2. The van der Waals surface area contributed by atoms with Gasteiger partial charge in [-0.05, 0) is 30.3 Å². The van der Waals surface area contributed by atoms with Crippen molar-refractivity contribution in [3.05, 3.63) is 58.1 Å². The van der Waals surface area contributed by atoms with Gasteiger partial charge in [0.25, 0.3) is 11.6 Å². The Kier molecular flexibility index (Phi) is 5.44. The second kappa shape index (κ2) is 7.94. The number of rotatable bonds is 5. The van der Waals surface area contributed by atoms with E-state index in [1.807, 2.05) is 0 Å². The van der Waals surface area contributed by atoms with Crippen molar-refractivity contribution in [3.8, 4) is 11.5 Å². The van der Waals surface area contributed by atoms with Crippen LogP contribution in [0.3, 0.4) is 0 Å². The molecule has 0 aromatic heterocycles. The molecular formula is C19H21N3O5. The lowest BCUT2D eigenvalue weighted by Crippen LogP contribution is -2.48. The number of nitrogens with zero attached hydrogens (tertiary/aromatic N) is 3. The van der Waals surface area contributed by atoms with Crippen LogP contribution in [0.2, 0.25) is 0 Å². The molecule has 1 aliphatic rings. The Morgan fingerprint density at radius 3 is 2.15 bits per heavy atom. The number of carbonyl (C=O) groups is 1. The summed E-state index contributed by atoms with van der Waals surface area (Å²) in [4.78, 5) is 27.0. The number of non-ortho nitro benzene ring substituents is 1. The standard InChI is InChI=1S/C19H21N3O5/c1-26-17-8-3-14(13-18(17)27-2)19(23)21-11-9-20(10-12-21)15-4-6-16(7-5-15)22(24)25/h3-8,13H,9-12H2,1-2H3. The lowest BCUT2D eigenvalue weighted by Gasteiger charge is -2.36. The fraction of sp³-hybridized carbons (Fsp3) is 0.316. The SMILES string of the molecule is COc1ccc(C(=O)N2CCN(c3ccc([N+](=O)[O-])cc3)CC2)cc1OC. The highest BCUT2D eigenvalue weighted by molar-refractivity contribution is 5.95. The van der Waals surface area contributed by atoms with Gasteiger partial charge in [0.05, 0.1) is 19.1 Å². The van der Waals surface area contributed by atoms with Crippen LogP contribution < -0.4 is 14.4 Å². The summed E-state index contributed by atoms with van der Waals surface area (Å²) in [6.45, 7) is 2.47. The van der Waals surface area contributed by atoms with Crippen molar-refractivity contribution in [2.75, 3.05) is 45.3 Å². The van der Waals surface area contributed by atoms with Crippen molar-refractivity contribution in [2.24, 2.45) is 0 Å². The monoisotopic (exact) mass is 371 g/mol. The average Bonchev–Trinajstić information content (AvgIpc) is 2.72. The first-order chi connectivity index (χ1) is 13.0. The molecule has 0 N–H and O–H groups in total. The molecule has 1 fully saturated rings. The Morgan fingerprint density at radius 1 is 0.963 bits per heavy atom. The van der Waals surface area contributed by atoms with Gasteiger partial charge in [0.2, 0.25) is 0 Å². The molecule has 27 heavy (non-hydrogen) atoms. The van der Waals surface area contributed by atoms with Crippen LogP contribution in [0.5, 0.6) is 11.5 Å². The van der Waals surface area contributed by atoms with E-state index >= 15 is 0 Å². The molecule has 142 valence electrons. The zero-order chi connectivity index (χ0) is 19.4.